The number of aliphatic hydroxyl groups is 1. The van der Waals surface area contributed by atoms with Gasteiger partial charge in [-0.2, -0.15) is 0 Å². The summed E-state index contributed by atoms with van der Waals surface area (Å²) >= 11 is 1.83. The highest BCUT2D eigenvalue weighted by molar-refractivity contribution is 7.17. The van der Waals surface area contributed by atoms with Crippen LogP contribution in [-0.2, 0) is 6.54 Å². The Morgan fingerprint density at radius 3 is 2.41 bits per heavy atom. The molecule has 0 bridgehead atoms. The Balaban J connectivity index is 1.20. The van der Waals surface area contributed by atoms with Crippen molar-refractivity contribution in [2.45, 2.75) is 12.6 Å². The van der Waals surface area contributed by atoms with Crippen LogP contribution in [0.5, 0.6) is 11.5 Å². The minimum atomic E-state index is -0.496. The first-order chi connectivity index (χ1) is 14.2. The number of β-amino-alcohol motifs (C(OH)–C–C–N with tert-alkyl or cyclic N) is 1. The highest BCUT2D eigenvalue weighted by Crippen LogP contribution is 2.27. The van der Waals surface area contributed by atoms with Crippen LogP contribution in [0.15, 0.2) is 53.9 Å². The fraction of sp³-hybridized carbons (Fsp3) is 0.391. The third-order valence-corrected chi connectivity index (χ3v) is 6.40. The van der Waals surface area contributed by atoms with Crippen LogP contribution in [0.25, 0.3) is 10.1 Å². The van der Waals surface area contributed by atoms with E-state index in [9.17, 15) is 5.11 Å². The highest BCUT2D eigenvalue weighted by Gasteiger charge is 2.20. The maximum atomic E-state index is 10.4. The number of aliphatic hydroxyl groups excluding tert-OH is 1. The summed E-state index contributed by atoms with van der Waals surface area (Å²) in [5, 5.41) is 14.0. The number of rotatable bonds is 8. The minimum Gasteiger partial charge on any atom is -0.497 e. The van der Waals surface area contributed by atoms with Gasteiger partial charge in [-0.25, -0.2) is 0 Å². The van der Waals surface area contributed by atoms with Gasteiger partial charge in [0, 0.05) is 44.0 Å². The predicted molar refractivity (Wildman–Crippen MR) is 118 cm³/mol. The summed E-state index contributed by atoms with van der Waals surface area (Å²) in [7, 11) is 1.64. The Labute approximate surface area is 176 Å². The Kier molecular flexibility index (Phi) is 6.67. The standard InChI is InChI=1S/C23H28N2O3S/c1-27-20-6-8-21(9-7-20)28-16-19(26)15-25-12-10-24(11-13-25)14-18-17-29-23-5-3-2-4-22(18)23/h2-9,17,19,26H,10-16H2,1H3. The second-order valence-electron chi connectivity index (χ2n) is 7.47. The van der Waals surface area contributed by atoms with Crippen LogP contribution in [0, 0.1) is 0 Å². The number of thiophene rings is 1. The number of nitrogens with zero attached hydrogens (tertiary/aromatic N) is 2. The topological polar surface area (TPSA) is 45.2 Å². The number of fused-ring (bicyclic) bond motifs is 1. The maximum absolute atomic E-state index is 10.4. The molecular formula is C23H28N2O3S. The lowest BCUT2D eigenvalue weighted by molar-refractivity contribution is 0.0447. The van der Waals surface area contributed by atoms with Crippen molar-refractivity contribution in [1.82, 2.24) is 9.80 Å². The van der Waals surface area contributed by atoms with Crippen molar-refractivity contribution >= 4 is 21.4 Å². The Bertz CT molecular complexity index is 904. The van der Waals surface area contributed by atoms with Crippen molar-refractivity contribution in [2.24, 2.45) is 0 Å². The van der Waals surface area contributed by atoms with Crippen LogP contribution in [-0.4, -0.2) is 67.5 Å². The predicted octanol–water partition coefficient (Wildman–Crippen LogP) is 3.47. The largest absolute Gasteiger partial charge is 0.497 e. The van der Waals surface area contributed by atoms with E-state index in [1.807, 2.05) is 35.6 Å². The van der Waals surface area contributed by atoms with E-state index in [1.165, 1.54) is 15.6 Å². The molecule has 29 heavy (non-hydrogen) atoms. The molecule has 0 spiro atoms. The van der Waals surface area contributed by atoms with Gasteiger partial charge >= 0.3 is 0 Å². The smallest absolute Gasteiger partial charge is 0.119 e. The molecule has 1 aliphatic rings. The molecule has 6 heteroatoms. The van der Waals surface area contributed by atoms with E-state index in [2.05, 4.69) is 39.4 Å². The van der Waals surface area contributed by atoms with Crippen molar-refractivity contribution in [1.29, 1.82) is 0 Å². The summed E-state index contributed by atoms with van der Waals surface area (Å²) < 4.78 is 12.2. The van der Waals surface area contributed by atoms with Crippen LogP contribution in [0.4, 0.5) is 0 Å². The number of benzene rings is 2. The SMILES string of the molecule is COc1ccc(OCC(O)CN2CCN(Cc3csc4ccccc34)CC2)cc1. The average Bonchev–Trinajstić information content (AvgIpc) is 3.17. The number of hydrogen-bond acceptors (Lipinski definition) is 6. The molecule has 1 aromatic heterocycles. The van der Waals surface area contributed by atoms with Gasteiger partial charge in [-0.05, 0) is 46.7 Å². The summed E-state index contributed by atoms with van der Waals surface area (Å²) in [5.41, 5.74) is 1.42. The molecule has 2 heterocycles. The summed E-state index contributed by atoms with van der Waals surface area (Å²) in [5.74, 6) is 1.55. The number of methoxy groups -OCH3 is 1. The zero-order valence-corrected chi connectivity index (χ0v) is 17.6. The average molecular weight is 413 g/mol. The third kappa shape index (κ3) is 5.28. The normalized spacial score (nSPS) is 16.8. The van der Waals surface area contributed by atoms with Gasteiger partial charge in [-0.1, -0.05) is 18.2 Å². The summed E-state index contributed by atoms with van der Waals surface area (Å²) in [6, 6.07) is 16.1. The number of piperazine rings is 1. The molecule has 3 aromatic rings. The van der Waals surface area contributed by atoms with Crippen LogP contribution in [0.3, 0.4) is 0 Å². The lowest BCUT2D eigenvalue weighted by Crippen LogP contribution is -2.48. The van der Waals surface area contributed by atoms with Gasteiger partial charge in [0.15, 0.2) is 0 Å². The quantitative estimate of drug-likeness (QED) is 0.614. The van der Waals surface area contributed by atoms with E-state index in [-0.39, 0.29) is 0 Å². The Morgan fingerprint density at radius 1 is 0.966 bits per heavy atom. The first kappa shape index (κ1) is 20.2. The van der Waals surface area contributed by atoms with E-state index < -0.39 is 6.10 Å². The molecule has 5 nitrogen and oxygen atoms in total. The molecule has 1 saturated heterocycles. The maximum Gasteiger partial charge on any atom is 0.119 e. The molecule has 4 rings (SSSR count). The molecular weight excluding hydrogens is 384 g/mol. The van der Waals surface area contributed by atoms with E-state index in [1.54, 1.807) is 7.11 Å². The van der Waals surface area contributed by atoms with E-state index >= 15 is 0 Å². The lowest BCUT2D eigenvalue weighted by Gasteiger charge is -2.35. The fourth-order valence-electron chi connectivity index (χ4n) is 3.74. The second-order valence-corrected chi connectivity index (χ2v) is 8.39. The van der Waals surface area contributed by atoms with E-state index in [0.717, 1.165) is 44.2 Å². The number of ether oxygens (including phenoxy) is 2. The second kappa shape index (κ2) is 9.59. The van der Waals surface area contributed by atoms with Crippen LogP contribution < -0.4 is 9.47 Å². The van der Waals surface area contributed by atoms with Crippen molar-refractivity contribution in [3.63, 3.8) is 0 Å². The van der Waals surface area contributed by atoms with Crippen molar-refractivity contribution in [3.05, 3.63) is 59.5 Å². The Hall–Kier alpha value is -2.12. The van der Waals surface area contributed by atoms with Crippen molar-refractivity contribution < 1.29 is 14.6 Å². The summed E-state index contributed by atoms with van der Waals surface area (Å²) in [6.07, 6.45) is -0.496. The summed E-state index contributed by atoms with van der Waals surface area (Å²) in [6.45, 7) is 5.94. The first-order valence-electron chi connectivity index (χ1n) is 10.1. The monoisotopic (exact) mass is 412 g/mol. The molecule has 1 aliphatic heterocycles. The first-order valence-corrected chi connectivity index (χ1v) is 10.9. The highest BCUT2D eigenvalue weighted by atomic mass is 32.1. The van der Waals surface area contributed by atoms with Crippen molar-refractivity contribution in [2.75, 3.05) is 46.4 Å². The molecule has 0 radical (unpaired) electrons. The van der Waals surface area contributed by atoms with Crippen LogP contribution >= 0.6 is 11.3 Å². The third-order valence-electron chi connectivity index (χ3n) is 5.39. The van der Waals surface area contributed by atoms with E-state index in [0.29, 0.717) is 13.2 Å². The lowest BCUT2D eigenvalue weighted by atomic mass is 10.1. The van der Waals surface area contributed by atoms with Gasteiger partial charge in [0.05, 0.1) is 7.11 Å². The molecule has 1 unspecified atom stereocenters. The molecule has 1 N–H and O–H groups in total. The van der Waals surface area contributed by atoms with Crippen LogP contribution in [0.2, 0.25) is 0 Å². The fourth-order valence-corrected chi connectivity index (χ4v) is 4.70. The van der Waals surface area contributed by atoms with Gasteiger partial charge in [0.2, 0.25) is 0 Å². The molecule has 0 amide bonds. The number of hydrogen-bond donors (Lipinski definition) is 1. The van der Waals surface area contributed by atoms with Crippen LogP contribution in [0.1, 0.15) is 5.56 Å². The molecule has 1 fully saturated rings. The van der Waals surface area contributed by atoms with Gasteiger partial charge in [0.25, 0.3) is 0 Å². The zero-order valence-electron chi connectivity index (χ0n) is 16.8. The van der Waals surface area contributed by atoms with E-state index in [4.69, 9.17) is 9.47 Å². The van der Waals surface area contributed by atoms with Crippen molar-refractivity contribution in [3.8, 4) is 11.5 Å². The molecule has 2 aromatic carbocycles. The van der Waals surface area contributed by atoms with Gasteiger partial charge < -0.3 is 14.6 Å². The Morgan fingerprint density at radius 2 is 1.66 bits per heavy atom. The van der Waals surface area contributed by atoms with Gasteiger partial charge in [-0.3, -0.25) is 9.80 Å². The minimum absolute atomic E-state index is 0.299. The van der Waals surface area contributed by atoms with Gasteiger partial charge in [0.1, 0.15) is 24.2 Å². The molecule has 0 saturated carbocycles. The zero-order chi connectivity index (χ0) is 20.1. The molecule has 1 atom stereocenters. The molecule has 0 aliphatic carbocycles. The molecule has 154 valence electrons. The summed E-state index contributed by atoms with van der Waals surface area (Å²) in [4.78, 5) is 4.83. The van der Waals surface area contributed by atoms with Gasteiger partial charge in [-0.15, -0.1) is 11.3 Å².